The van der Waals surface area contributed by atoms with Gasteiger partial charge in [0.15, 0.2) is 11.4 Å². The van der Waals surface area contributed by atoms with Crippen LogP contribution in [-0.4, -0.2) is 41.1 Å². The molecule has 0 N–H and O–H groups in total. The van der Waals surface area contributed by atoms with Crippen molar-refractivity contribution in [2.24, 2.45) is 17.3 Å². The van der Waals surface area contributed by atoms with Crippen LogP contribution in [0.25, 0.3) is 0 Å². The van der Waals surface area contributed by atoms with Crippen molar-refractivity contribution in [1.29, 1.82) is 0 Å². The number of ether oxygens (including phenoxy) is 3. The Kier molecular flexibility index (Phi) is 2.82. The van der Waals surface area contributed by atoms with Crippen molar-refractivity contribution in [3.63, 3.8) is 0 Å². The topological polar surface area (TPSA) is 82.2 Å². The second-order valence-electron chi connectivity index (χ2n) is 7.98. The molecule has 0 aromatic heterocycles. The Morgan fingerprint density at radius 1 is 1.33 bits per heavy atom. The summed E-state index contributed by atoms with van der Waals surface area (Å²) in [6, 6.07) is 0. The highest BCUT2D eigenvalue weighted by Crippen LogP contribution is 2.71. The molecule has 4 rings (SSSR count). The molecule has 0 amide bonds. The van der Waals surface area contributed by atoms with Crippen molar-refractivity contribution >= 4 is 17.7 Å². The molecule has 2 saturated heterocycles. The number of hydrogen-bond acceptors (Lipinski definition) is 6. The molecule has 6 nitrogen and oxygen atoms in total. The number of epoxide rings is 1. The van der Waals surface area contributed by atoms with Crippen LogP contribution in [0.15, 0.2) is 11.6 Å². The van der Waals surface area contributed by atoms with Crippen molar-refractivity contribution in [2.75, 3.05) is 0 Å². The third-order valence-corrected chi connectivity index (χ3v) is 6.77. The fraction of sp³-hybridized carbons (Fsp3) is 0.722. The van der Waals surface area contributed by atoms with Crippen LogP contribution in [0.2, 0.25) is 0 Å². The van der Waals surface area contributed by atoms with Crippen LogP contribution >= 0.6 is 0 Å². The zero-order valence-corrected chi connectivity index (χ0v) is 14.5. The molecule has 2 aliphatic carbocycles. The Labute approximate surface area is 140 Å². The van der Waals surface area contributed by atoms with Crippen molar-refractivity contribution in [3.05, 3.63) is 11.6 Å². The largest absolute Gasteiger partial charge is 0.462 e. The number of hydrogen-bond donors (Lipinski definition) is 0. The zero-order chi connectivity index (χ0) is 17.7. The molecule has 2 heterocycles. The van der Waals surface area contributed by atoms with Crippen LogP contribution in [0.1, 0.15) is 41.0 Å². The highest BCUT2D eigenvalue weighted by molar-refractivity contribution is 6.06. The average molecular weight is 334 g/mol. The zero-order valence-electron chi connectivity index (χ0n) is 14.5. The first-order valence-corrected chi connectivity index (χ1v) is 8.39. The van der Waals surface area contributed by atoms with Gasteiger partial charge in [-0.15, -0.1) is 0 Å². The van der Waals surface area contributed by atoms with Crippen LogP contribution < -0.4 is 0 Å². The third-order valence-electron chi connectivity index (χ3n) is 6.77. The summed E-state index contributed by atoms with van der Waals surface area (Å²) in [5.74, 6) is -1.47. The minimum Gasteiger partial charge on any atom is -0.462 e. The van der Waals surface area contributed by atoms with E-state index in [0.717, 1.165) is 5.57 Å². The van der Waals surface area contributed by atoms with E-state index in [9.17, 15) is 14.4 Å². The van der Waals surface area contributed by atoms with Gasteiger partial charge in [0.2, 0.25) is 0 Å². The molecule has 7 atom stereocenters. The van der Waals surface area contributed by atoms with E-state index in [4.69, 9.17) is 14.2 Å². The number of carbonyl (C=O) groups is 3. The monoisotopic (exact) mass is 334 g/mol. The summed E-state index contributed by atoms with van der Waals surface area (Å²) in [6.07, 6.45) is 0.945. The number of rotatable bonds is 1. The van der Waals surface area contributed by atoms with Gasteiger partial charge in [0.1, 0.15) is 17.8 Å². The molecular weight excluding hydrogens is 312 g/mol. The third kappa shape index (κ3) is 1.49. The van der Waals surface area contributed by atoms with E-state index in [-0.39, 0.29) is 17.7 Å². The van der Waals surface area contributed by atoms with Crippen LogP contribution in [0.3, 0.4) is 0 Å². The lowest BCUT2D eigenvalue weighted by molar-refractivity contribution is -0.155. The van der Waals surface area contributed by atoms with Crippen LogP contribution in [0.4, 0.5) is 0 Å². The van der Waals surface area contributed by atoms with E-state index in [1.54, 1.807) is 13.0 Å². The number of ketones is 1. The predicted octanol–water partition coefficient (Wildman–Crippen LogP) is 1.56. The van der Waals surface area contributed by atoms with Gasteiger partial charge >= 0.3 is 11.9 Å². The van der Waals surface area contributed by atoms with Crippen molar-refractivity contribution in [3.8, 4) is 0 Å². The van der Waals surface area contributed by atoms with E-state index in [1.165, 1.54) is 6.92 Å². The maximum absolute atomic E-state index is 12.8. The fourth-order valence-corrected chi connectivity index (χ4v) is 5.47. The van der Waals surface area contributed by atoms with E-state index in [0.29, 0.717) is 6.42 Å². The normalized spacial score (nSPS) is 51.8. The smallest absolute Gasteiger partial charge is 0.309 e. The molecule has 0 radical (unpaired) electrons. The van der Waals surface area contributed by atoms with Crippen LogP contribution in [0, 0.1) is 17.3 Å². The Morgan fingerprint density at radius 3 is 2.62 bits per heavy atom. The summed E-state index contributed by atoms with van der Waals surface area (Å²) >= 11 is 0. The van der Waals surface area contributed by atoms with Gasteiger partial charge in [-0.25, -0.2) is 0 Å². The Balaban J connectivity index is 1.89. The fourth-order valence-electron chi connectivity index (χ4n) is 5.47. The second-order valence-corrected chi connectivity index (χ2v) is 7.98. The Bertz CT molecular complexity index is 710. The lowest BCUT2D eigenvalue weighted by Crippen LogP contribution is -2.51. The molecular formula is C18H22O6. The van der Waals surface area contributed by atoms with Gasteiger partial charge in [-0.1, -0.05) is 12.5 Å². The quantitative estimate of drug-likeness (QED) is 0.535. The molecule has 0 aromatic rings. The lowest BCUT2D eigenvalue weighted by atomic mass is 9.65. The van der Waals surface area contributed by atoms with Gasteiger partial charge in [0, 0.05) is 19.3 Å². The molecule has 0 aromatic carbocycles. The van der Waals surface area contributed by atoms with Gasteiger partial charge in [-0.3, -0.25) is 14.4 Å². The summed E-state index contributed by atoms with van der Waals surface area (Å²) in [4.78, 5) is 36.7. The molecule has 3 fully saturated rings. The van der Waals surface area contributed by atoms with Crippen molar-refractivity contribution < 1.29 is 28.6 Å². The first kappa shape index (κ1) is 15.8. The SMILES string of the molecule is CC(=O)OC1CC2(C)OC23C(=O)C=C(C)C3(C)C2OC(=O)C(C)C12. The maximum Gasteiger partial charge on any atom is 0.309 e. The van der Waals surface area contributed by atoms with Gasteiger partial charge in [0.25, 0.3) is 0 Å². The minimum absolute atomic E-state index is 0.0807. The summed E-state index contributed by atoms with van der Waals surface area (Å²) in [5, 5.41) is 0. The molecule has 1 saturated carbocycles. The highest BCUT2D eigenvalue weighted by Gasteiger charge is 2.86. The number of fused-ring (bicyclic) bond motifs is 2. The van der Waals surface area contributed by atoms with E-state index >= 15 is 0 Å². The summed E-state index contributed by atoms with van der Waals surface area (Å²) in [6.45, 7) is 8.87. The predicted molar refractivity (Wildman–Crippen MR) is 81.8 cm³/mol. The van der Waals surface area contributed by atoms with Gasteiger partial charge < -0.3 is 14.2 Å². The summed E-state index contributed by atoms with van der Waals surface area (Å²) in [5.41, 5.74) is -1.62. The molecule has 2 aliphatic heterocycles. The lowest BCUT2D eigenvalue weighted by Gasteiger charge is -2.38. The molecule has 1 spiro atoms. The van der Waals surface area contributed by atoms with Gasteiger partial charge in [-0.05, 0) is 26.8 Å². The molecule has 6 heteroatoms. The second kappa shape index (κ2) is 4.28. The Hall–Kier alpha value is -1.69. The maximum atomic E-state index is 12.8. The molecule has 24 heavy (non-hydrogen) atoms. The number of carbonyl (C=O) groups excluding carboxylic acids is 3. The minimum atomic E-state index is -1.02. The van der Waals surface area contributed by atoms with E-state index in [2.05, 4.69) is 0 Å². The molecule has 130 valence electrons. The molecule has 0 bridgehead atoms. The summed E-state index contributed by atoms with van der Waals surface area (Å²) < 4.78 is 17.3. The van der Waals surface area contributed by atoms with Crippen LogP contribution in [0.5, 0.6) is 0 Å². The highest BCUT2D eigenvalue weighted by atomic mass is 16.6. The molecule has 7 unspecified atom stereocenters. The Morgan fingerprint density at radius 2 is 2.00 bits per heavy atom. The number of esters is 2. The standard InChI is InChI=1S/C18H22O6/c1-8-6-12(20)18-16(4,24-18)7-11(22-10(3)19)13-9(2)15(21)23-14(13)17(8,18)5/h6,9,11,13-14H,7H2,1-5H3. The first-order valence-electron chi connectivity index (χ1n) is 8.39. The van der Waals surface area contributed by atoms with Crippen LogP contribution in [-0.2, 0) is 28.6 Å². The van der Waals surface area contributed by atoms with Crippen molar-refractivity contribution in [1.82, 2.24) is 0 Å². The van der Waals surface area contributed by atoms with E-state index < -0.39 is 40.7 Å². The van der Waals surface area contributed by atoms with Crippen molar-refractivity contribution in [2.45, 2.75) is 64.4 Å². The van der Waals surface area contributed by atoms with Gasteiger partial charge in [-0.2, -0.15) is 0 Å². The van der Waals surface area contributed by atoms with Gasteiger partial charge in [0.05, 0.1) is 11.3 Å². The molecule has 4 aliphatic rings. The summed E-state index contributed by atoms with van der Waals surface area (Å²) in [7, 11) is 0. The first-order chi connectivity index (χ1) is 11.1. The van der Waals surface area contributed by atoms with E-state index in [1.807, 2.05) is 20.8 Å². The average Bonchev–Trinajstić information content (AvgIpc) is 2.93.